The first kappa shape index (κ1) is 14.3. The van der Waals surface area contributed by atoms with E-state index in [1.807, 2.05) is 0 Å². The van der Waals surface area contributed by atoms with Crippen LogP contribution in [-0.2, 0) is 18.2 Å². The zero-order chi connectivity index (χ0) is 11.4. The molecule has 0 bridgehead atoms. The second-order valence-corrected chi connectivity index (χ2v) is 4.58. The van der Waals surface area contributed by atoms with E-state index in [0.717, 1.165) is 0 Å². The zero-order valence-electron chi connectivity index (χ0n) is 7.89. The topological polar surface area (TPSA) is 119 Å². The van der Waals surface area contributed by atoms with E-state index in [9.17, 15) is 9.13 Å². The van der Waals surface area contributed by atoms with Gasteiger partial charge in [0.1, 0.15) is 5.72 Å². The van der Waals surface area contributed by atoms with Gasteiger partial charge in [-0.15, -0.1) is 0 Å². The van der Waals surface area contributed by atoms with Crippen LogP contribution in [0.3, 0.4) is 0 Å². The summed E-state index contributed by atoms with van der Waals surface area (Å²) in [5.41, 5.74) is 4.14. The highest BCUT2D eigenvalue weighted by Crippen LogP contribution is 2.28. The maximum Gasteiger partial charge on any atom is 0.318 e. The first-order valence-electron chi connectivity index (χ1n) is 3.83. The van der Waals surface area contributed by atoms with Crippen molar-refractivity contribution < 1.29 is 28.0 Å². The molecule has 0 fully saturated rings. The highest BCUT2D eigenvalue weighted by Gasteiger charge is 2.25. The van der Waals surface area contributed by atoms with Crippen LogP contribution >= 0.6 is 16.5 Å². The van der Waals surface area contributed by atoms with Gasteiger partial charge in [-0.3, -0.25) is 13.7 Å². The minimum Gasteiger partial charge on any atom is -0.326 e. The molecule has 0 radical (unpaired) electrons. The van der Waals surface area contributed by atoms with Crippen molar-refractivity contribution in [2.24, 2.45) is 5.73 Å². The molecule has 0 spiro atoms. The largest absolute Gasteiger partial charge is 0.326 e. The molecular formula is C5H15NO6P2. The Labute approximate surface area is 83.1 Å². The summed E-state index contributed by atoms with van der Waals surface area (Å²) in [6.45, 7) is 2.90. The van der Waals surface area contributed by atoms with Gasteiger partial charge in [0, 0.05) is 6.42 Å². The van der Waals surface area contributed by atoms with E-state index >= 15 is 0 Å². The molecule has 0 aliphatic carbocycles. The smallest absolute Gasteiger partial charge is 0.318 e. The molecule has 0 aromatic carbocycles. The summed E-state index contributed by atoms with van der Waals surface area (Å²) in [6.07, 6.45) is -0.580. The number of rotatable bonds is 6. The third kappa shape index (κ3) is 7.64. The Kier molecular flexibility index (Phi) is 6.09. The molecule has 0 aliphatic rings. The molecule has 0 amide bonds. The summed E-state index contributed by atoms with van der Waals surface area (Å²) in [4.78, 5) is 16.9. The Balaban J connectivity index is 4.07. The van der Waals surface area contributed by atoms with E-state index in [1.54, 1.807) is 0 Å². The Hall–Kier alpha value is 0.260. The lowest BCUT2D eigenvalue weighted by Crippen LogP contribution is -2.40. The summed E-state index contributed by atoms with van der Waals surface area (Å²) in [6, 6.07) is 0. The van der Waals surface area contributed by atoms with Gasteiger partial charge in [0.05, 0.1) is 6.10 Å². The van der Waals surface area contributed by atoms with Crippen molar-refractivity contribution >= 4 is 16.5 Å². The molecule has 0 rings (SSSR count). The van der Waals surface area contributed by atoms with Crippen LogP contribution < -0.4 is 5.73 Å². The first-order valence-corrected chi connectivity index (χ1v) is 6.36. The number of nitrogens with two attached hydrogens (primary N) is 1. The molecule has 9 heteroatoms. The van der Waals surface area contributed by atoms with Crippen molar-refractivity contribution in [1.82, 2.24) is 0 Å². The van der Waals surface area contributed by atoms with E-state index in [-0.39, 0.29) is 6.42 Å². The van der Waals surface area contributed by atoms with Crippen LogP contribution in [0.5, 0.6) is 0 Å². The zero-order valence-corrected chi connectivity index (χ0v) is 9.89. The Morgan fingerprint density at radius 1 is 1.43 bits per heavy atom. The van der Waals surface area contributed by atoms with Crippen LogP contribution in [0.2, 0.25) is 0 Å². The van der Waals surface area contributed by atoms with Gasteiger partial charge in [-0.2, -0.15) is 0 Å². The second kappa shape index (κ2) is 5.98. The maximum atomic E-state index is 10.4. The fourth-order valence-corrected chi connectivity index (χ4v) is 1.94. The Bertz CT molecular complexity index is 232. The van der Waals surface area contributed by atoms with Gasteiger partial charge in [-0.1, -0.05) is 0 Å². The summed E-state index contributed by atoms with van der Waals surface area (Å²) in [7, 11) is -6.15. The predicted molar refractivity (Wildman–Crippen MR) is 51.3 cm³/mol. The van der Waals surface area contributed by atoms with Gasteiger partial charge in [0.25, 0.3) is 0 Å². The molecular weight excluding hydrogens is 232 g/mol. The van der Waals surface area contributed by atoms with Gasteiger partial charge in [-0.25, -0.2) is 0 Å². The average molecular weight is 247 g/mol. The van der Waals surface area contributed by atoms with Gasteiger partial charge in [0.2, 0.25) is 0 Å². The third-order valence-corrected chi connectivity index (χ3v) is 2.56. The lowest BCUT2D eigenvalue weighted by molar-refractivity contribution is 0.0413. The molecule has 86 valence electrons. The standard InChI is InChI=1S/C5H15NO6P2/c1-4(11-13(7)8)3-5(2,6)12-14(9)10/h4,13-14H,3,6H2,1-2H3,(H,7,8)(H,9,10). The van der Waals surface area contributed by atoms with Gasteiger partial charge in [0.15, 0.2) is 0 Å². The van der Waals surface area contributed by atoms with Crippen LogP contribution in [0.25, 0.3) is 0 Å². The van der Waals surface area contributed by atoms with Gasteiger partial charge < -0.3 is 20.0 Å². The quantitative estimate of drug-likeness (QED) is 0.454. The lowest BCUT2D eigenvalue weighted by atomic mass is 10.1. The minimum atomic E-state index is -3.13. The van der Waals surface area contributed by atoms with Crippen LogP contribution in [0, 0.1) is 0 Å². The van der Waals surface area contributed by atoms with E-state index in [1.165, 1.54) is 13.8 Å². The molecule has 4 unspecified atom stereocenters. The number of hydrogen-bond donors (Lipinski definition) is 3. The molecule has 4 N–H and O–H groups in total. The van der Waals surface area contributed by atoms with Crippen LogP contribution in [0.4, 0.5) is 0 Å². The molecule has 0 saturated heterocycles. The maximum absolute atomic E-state index is 10.4. The highest BCUT2D eigenvalue weighted by atomic mass is 31.1. The molecule has 0 saturated carbocycles. The van der Waals surface area contributed by atoms with E-state index in [4.69, 9.17) is 15.5 Å². The van der Waals surface area contributed by atoms with Crippen LogP contribution in [0.15, 0.2) is 0 Å². The van der Waals surface area contributed by atoms with Crippen molar-refractivity contribution in [1.29, 1.82) is 0 Å². The first-order chi connectivity index (χ1) is 6.23. The molecule has 0 aromatic rings. The molecule has 4 atom stereocenters. The molecule has 0 aliphatic heterocycles. The van der Waals surface area contributed by atoms with Crippen molar-refractivity contribution in [2.75, 3.05) is 0 Å². The highest BCUT2D eigenvalue weighted by molar-refractivity contribution is 7.32. The van der Waals surface area contributed by atoms with E-state index in [2.05, 4.69) is 9.05 Å². The normalized spacial score (nSPS) is 22.4. The minimum absolute atomic E-state index is 0.0426. The average Bonchev–Trinajstić information content (AvgIpc) is 1.77. The molecule has 0 aromatic heterocycles. The Morgan fingerprint density at radius 2 is 1.93 bits per heavy atom. The third-order valence-electron chi connectivity index (χ3n) is 1.32. The second-order valence-electron chi connectivity index (χ2n) is 3.08. The summed E-state index contributed by atoms with van der Waals surface area (Å²) in [5, 5.41) is 0. The predicted octanol–water partition coefficient (Wildman–Crippen LogP) is 0.237. The summed E-state index contributed by atoms with van der Waals surface area (Å²) in [5.74, 6) is 0. The summed E-state index contributed by atoms with van der Waals surface area (Å²) >= 11 is 0. The van der Waals surface area contributed by atoms with Crippen LogP contribution in [0.1, 0.15) is 20.3 Å². The fraction of sp³-hybridized carbons (Fsp3) is 1.00. The van der Waals surface area contributed by atoms with Crippen molar-refractivity contribution in [3.05, 3.63) is 0 Å². The fourth-order valence-electron chi connectivity index (χ4n) is 1.03. The lowest BCUT2D eigenvalue weighted by Gasteiger charge is -2.25. The van der Waals surface area contributed by atoms with Crippen molar-refractivity contribution in [3.63, 3.8) is 0 Å². The van der Waals surface area contributed by atoms with E-state index in [0.29, 0.717) is 0 Å². The number of hydrogen-bond acceptors (Lipinski definition) is 5. The molecule has 7 nitrogen and oxygen atoms in total. The monoisotopic (exact) mass is 247 g/mol. The summed E-state index contributed by atoms with van der Waals surface area (Å²) < 4.78 is 29.7. The molecule has 14 heavy (non-hydrogen) atoms. The van der Waals surface area contributed by atoms with Crippen molar-refractivity contribution in [2.45, 2.75) is 32.1 Å². The molecule has 0 heterocycles. The van der Waals surface area contributed by atoms with Crippen molar-refractivity contribution in [3.8, 4) is 0 Å². The van der Waals surface area contributed by atoms with Gasteiger partial charge in [-0.05, 0) is 13.8 Å². The SMILES string of the molecule is CC(CC(C)(N)O[PH](=O)O)O[PH](=O)O. The van der Waals surface area contributed by atoms with E-state index < -0.39 is 28.3 Å². The van der Waals surface area contributed by atoms with Crippen LogP contribution in [-0.4, -0.2) is 21.6 Å². The Morgan fingerprint density at radius 3 is 2.29 bits per heavy atom. The van der Waals surface area contributed by atoms with Gasteiger partial charge >= 0.3 is 16.5 Å².